The molecule has 136 valence electrons. The molecule has 0 heterocycles. The largest absolute Gasteiger partial charge is 0.507 e. The lowest BCUT2D eigenvalue weighted by molar-refractivity contribution is 0.282. The fraction of sp³-hybridized carbons (Fsp3) is 0.304. The Hall–Kier alpha value is -2.36. The van der Waals surface area contributed by atoms with Gasteiger partial charge in [-0.1, -0.05) is 53.6 Å². The van der Waals surface area contributed by atoms with Gasteiger partial charge in [-0.25, -0.2) is 0 Å². The van der Waals surface area contributed by atoms with Crippen molar-refractivity contribution in [3.8, 4) is 5.75 Å². The molecule has 0 unspecified atom stereocenters. The first kappa shape index (κ1) is 18.4. The van der Waals surface area contributed by atoms with E-state index in [2.05, 4.69) is 31.1 Å². The van der Waals surface area contributed by atoms with E-state index in [1.165, 1.54) is 16.7 Å². The summed E-state index contributed by atoms with van der Waals surface area (Å²) >= 11 is 0. The van der Waals surface area contributed by atoms with E-state index in [0.29, 0.717) is 5.75 Å². The standard InChI is InChI=1S/C23H27NO2/c1-24(2)15-20-11-10-18(12-17-6-5-7-19(13-17)16-25)14-22(20)21-8-3-4-9-23(21)26/h3-9,12-13,25-26H,10-11,14-16H2,1-2H3/b18-12+. The number of nitrogens with zero attached hydrogens (tertiary/aromatic N) is 1. The Kier molecular flexibility index (Phi) is 5.92. The van der Waals surface area contributed by atoms with Gasteiger partial charge in [0.1, 0.15) is 5.75 Å². The second kappa shape index (κ2) is 8.35. The summed E-state index contributed by atoms with van der Waals surface area (Å²) in [5.41, 5.74) is 7.00. The zero-order chi connectivity index (χ0) is 18.5. The fourth-order valence-corrected chi connectivity index (χ4v) is 3.61. The summed E-state index contributed by atoms with van der Waals surface area (Å²) < 4.78 is 0. The van der Waals surface area contributed by atoms with Gasteiger partial charge in [0, 0.05) is 12.1 Å². The maximum Gasteiger partial charge on any atom is 0.123 e. The lowest BCUT2D eigenvalue weighted by Crippen LogP contribution is -2.18. The van der Waals surface area contributed by atoms with Crippen LogP contribution in [0.3, 0.4) is 0 Å². The van der Waals surface area contributed by atoms with Crippen LogP contribution in [-0.2, 0) is 6.61 Å². The van der Waals surface area contributed by atoms with Crippen LogP contribution in [-0.4, -0.2) is 35.8 Å². The number of aliphatic hydroxyl groups is 1. The summed E-state index contributed by atoms with van der Waals surface area (Å²) in [5, 5.41) is 19.7. The van der Waals surface area contributed by atoms with E-state index < -0.39 is 0 Å². The molecule has 2 aromatic carbocycles. The third-order valence-electron chi connectivity index (χ3n) is 4.82. The van der Waals surface area contributed by atoms with E-state index >= 15 is 0 Å². The van der Waals surface area contributed by atoms with Gasteiger partial charge in [0.2, 0.25) is 0 Å². The van der Waals surface area contributed by atoms with Gasteiger partial charge in [0.25, 0.3) is 0 Å². The Labute approximate surface area is 155 Å². The van der Waals surface area contributed by atoms with Crippen LogP contribution in [0.2, 0.25) is 0 Å². The number of aliphatic hydroxyl groups excluding tert-OH is 1. The highest BCUT2D eigenvalue weighted by Gasteiger charge is 2.20. The van der Waals surface area contributed by atoms with E-state index in [9.17, 15) is 10.2 Å². The van der Waals surface area contributed by atoms with Crippen LogP contribution in [0, 0.1) is 0 Å². The monoisotopic (exact) mass is 349 g/mol. The van der Waals surface area contributed by atoms with Crippen molar-refractivity contribution in [2.75, 3.05) is 20.6 Å². The average Bonchev–Trinajstić information content (AvgIpc) is 2.63. The van der Waals surface area contributed by atoms with Crippen LogP contribution in [0.25, 0.3) is 11.6 Å². The minimum absolute atomic E-state index is 0.0625. The molecule has 3 rings (SSSR count). The predicted molar refractivity (Wildman–Crippen MR) is 108 cm³/mol. The summed E-state index contributed by atoms with van der Waals surface area (Å²) in [5.74, 6) is 0.349. The van der Waals surface area contributed by atoms with Gasteiger partial charge in [-0.15, -0.1) is 0 Å². The molecule has 0 radical (unpaired) electrons. The maximum absolute atomic E-state index is 10.4. The lowest BCUT2D eigenvalue weighted by atomic mass is 9.83. The van der Waals surface area contributed by atoms with E-state index in [0.717, 1.165) is 42.5 Å². The third-order valence-corrected chi connectivity index (χ3v) is 4.82. The summed E-state index contributed by atoms with van der Waals surface area (Å²) in [4.78, 5) is 2.19. The second-order valence-corrected chi connectivity index (χ2v) is 7.22. The molecular weight excluding hydrogens is 322 g/mol. The molecule has 1 aliphatic carbocycles. The number of benzene rings is 2. The molecule has 2 aromatic rings. The molecule has 0 aromatic heterocycles. The van der Waals surface area contributed by atoms with Crippen LogP contribution in [0.4, 0.5) is 0 Å². The second-order valence-electron chi connectivity index (χ2n) is 7.22. The molecule has 0 saturated heterocycles. The number of hydrogen-bond acceptors (Lipinski definition) is 3. The highest BCUT2D eigenvalue weighted by Crippen LogP contribution is 2.39. The van der Waals surface area contributed by atoms with E-state index in [-0.39, 0.29) is 6.61 Å². The fourth-order valence-electron chi connectivity index (χ4n) is 3.61. The molecule has 2 N–H and O–H groups in total. The molecule has 3 heteroatoms. The predicted octanol–water partition coefficient (Wildman–Crippen LogP) is 4.47. The van der Waals surface area contributed by atoms with Crippen molar-refractivity contribution in [1.29, 1.82) is 0 Å². The number of hydrogen-bond donors (Lipinski definition) is 2. The molecule has 1 aliphatic rings. The number of phenolic OH excluding ortho intramolecular Hbond substituents is 1. The van der Waals surface area contributed by atoms with Crippen molar-refractivity contribution < 1.29 is 10.2 Å². The first-order valence-corrected chi connectivity index (χ1v) is 9.10. The summed E-state index contributed by atoms with van der Waals surface area (Å²) in [7, 11) is 4.17. The number of aromatic hydroxyl groups is 1. The Morgan fingerprint density at radius 1 is 1.04 bits per heavy atom. The molecule has 0 aliphatic heterocycles. The molecule has 0 atom stereocenters. The third kappa shape index (κ3) is 4.43. The summed E-state index contributed by atoms with van der Waals surface area (Å²) in [6.07, 6.45) is 5.12. The molecule has 26 heavy (non-hydrogen) atoms. The minimum Gasteiger partial charge on any atom is -0.507 e. The molecule has 0 amide bonds. The van der Waals surface area contributed by atoms with Gasteiger partial charge in [-0.2, -0.15) is 0 Å². The number of para-hydroxylation sites is 1. The number of allylic oxidation sites excluding steroid dienone is 2. The Morgan fingerprint density at radius 2 is 1.85 bits per heavy atom. The van der Waals surface area contributed by atoms with Crippen molar-refractivity contribution in [2.45, 2.75) is 25.9 Å². The molecule has 0 fully saturated rings. The number of likely N-dealkylation sites (N-methyl/N-ethyl adjacent to an activating group) is 1. The van der Waals surface area contributed by atoms with E-state index in [4.69, 9.17) is 0 Å². The quantitative estimate of drug-likeness (QED) is 0.837. The first-order chi connectivity index (χ1) is 12.6. The lowest BCUT2D eigenvalue weighted by Gasteiger charge is -2.26. The first-order valence-electron chi connectivity index (χ1n) is 9.10. The van der Waals surface area contributed by atoms with Gasteiger partial charge < -0.3 is 15.1 Å². The zero-order valence-corrected chi connectivity index (χ0v) is 15.6. The van der Waals surface area contributed by atoms with Gasteiger partial charge in [-0.05, 0) is 62.2 Å². The molecule has 0 saturated carbocycles. The Balaban J connectivity index is 1.95. The normalized spacial score (nSPS) is 16.5. The molecule has 0 spiro atoms. The smallest absolute Gasteiger partial charge is 0.123 e. The average molecular weight is 349 g/mol. The Morgan fingerprint density at radius 3 is 2.58 bits per heavy atom. The highest BCUT2D eigenvalue weighted by molar-refractivity contribution is 5.77. The van der Waals surface area contributed by atoms with Crippen LogP contribution >= 0.6 is 0 Å². The summed E-state index contributed by atoms with van der Waals surface area (Å²) in [6.45, 7) is 0.976. The molecule has 0 bridgehead atoms. The van der Waals surface area contributed by atoms with Crippen LogP contribution in [0.5, 0.6) is 5.75 Å². The van der Waals surface area contributed by atoms with Crippen molar-refractivity contribution in [3.63, 3.8) is 0 Å². The number of rotatable bonds is 5. The van der Waals surface area contributed by atoms with Crippen LogP contribution in [0.15, 0.2) is 59.7 Å². The van der Waals surface area contributed by atoms with Crippen molar-refractivity contribution in [2.24, 2.45) is 0 Å². The van der Waals surface area contributed by atoms with Crippen molar-refractivity contribution >= 4 is 11.6 Å². The number of phenols is 1. The zero-order valence-electron chi connectivity index (χ0n) is 15.6. The highest BCUT2D eigenvalue weighted by atomic mass is 16.3. The van der Waals surface area contributed by atoms with Gasteiger partial charge in [0.05, 0.1) is 6.61 Å². The van der Waals surface area contributed by atoms with E-state index in [1.54, 1.807) is 6.07 Å². The molecular formula is C23H27NO2. The van der Waals surface area contributed by atoms with Gasteiger partial charge in [-0.3, -0.25) is 0 Å². The van der Waals surface area contributed by atoms with Crippen LogP contribution in [0.1, 0.15) is 36.0 Å². The maximum atomic E-state index is 10.4. The SMILES string of the molecule is CN(C)CC1=C(c2ccccc2O)C/C(=C/c2cccc(CO)c2)CC1. The van der Waals surface area contributed by atoms with E-state index in [1.807, 2.05) is 36.4 Å². The minimum atomic E-state index is 0.0625. The molecule has 3 nitrogen and oxygen atoms in total. The Bertz CT molecular complexity index is 834. The summed E-state index contributed by atoms with van der Waals surface area (Å²) in [6, 6.07) is 15.6. The van der Waals surface area contributed by atoms with Crippen molar-refractivity contribution in [3.05, 3.63) is 76.4 Å². The van der Waals surface area contributed by atoms with Gasteiger partial charge in [0.15, 0.2) is 0 Å². The van der Waals surface area contributed by atoms with Crippen molar-refractivity contribution in [1.82, 2.24) is 4.90 Å². The van der Waals surface area contributed by atoms with Gasteiger partial charge >= 0.3 is 0 Å². The topological polar surface area (TPSA) is 43.7 Å². The van der Waals surface area contributed by atoms with Crippen LogP contribution < -0.4 is 0 Å².